The summed E-state index contributed by atoms with van der Waals surface area (Å²) >= 11 is 5.78. The highest BCUT2D eigenvalue weighted by Gasteiger charge is 2.28. The Balaban J connectivity index is 2.10. The van der Waals surface area contributed by atoms with Gasteiger partial charge in [0.1, 0.15) is 0 Å². The largest absolute Gasteiger partial charge is 0.448 e. The van der Waals surface area contributed by atoms with Crippen LogP contribution in [0.3, 0.4) is 0 Å². The molecule has 0 amide bonds. The standard InChI is InChI=1S/C13H9ClO/c14-8-10-6-7-11(13-12(10)15-13)9-4-2-1-3-5-9/h1-7H,8H2. The Hall–Kier alpha value is -1.47. The van der Waals surface area contributed by atoms with E-state index < -0.39 is 0 Å². The molecule has 0 saturated carbocycles. The summed E-state index contributed by atoms with van der Waals surface area (Å²) in [7, 11) is 0. The number of hydrogen-bond donors (Lipinski definition) is 0. The molecule has 1 nitrogen and oxygen atoms in total. The van der Waals surface area contributed by atoms with Crippen LogP contribution in [0.15, 0.2) is 42.5 Å². The number of benzene rings is 2. The molecule has 0 bridgehead atoms. The van der Waals surface area contributed by atoms with Gasteiger partial charge in [0, 0.05) is 11.1 Å². The van der Waals surface area contributed by atoms with E-state index in [1.807, 2.05) is 24.3 Å². The SMILES string of the molecule is ClCc1ccc(-c2ccccc2)c2c1O2. The molecular weight excluding hydrogens is 208 g/mol. The Labute approximate surface area is 93.3 Å². The quantitative estimate of drug-likeness (QED) is 0.462. The molecule has 1 aliphatic rings. The van der Waals surface area contributed by atoms with Gasteiger partial charge in [0.15, 0.2) is 11.5 Å². The number of rotatable bonds is 2. The van der Waals surface area contributed by atoms with E-state index in [1.165, 1.54) is 5.56 Å². The zero-order chi connectivity index (χ0) is 10.3. The van der Waals surface area contributed by atoms with E-state index in [0.717, 1.165) is 22.6 Å². The zero-order valence-electron chi connectivity index (χ0n) is 8.03. The third-order valence-corrected chi connectivity index (χ3v) is 2.87. The van der Waals surface area contributed by atoms with Crippen molar-refractivity contribution in [3.63, 3.8) is 0 Å². The average Bonchev–Trinajstić information content (AvgIpc) is 3.08. The van der Waals surface area contributed by atoms with Crippen molar-refractivity contribution in [3.05, 3.63) is 48.0 Å². The van der Waals surface area contributed by atoms with Gasteiger partial charge in [-0.05, 0) is 5.56 Å². The summed E-state index contributed by atoms with van der Waals surface area (Å²) in [6.45, 7) is 0. The molecule has 15 heavy (non-hydrogen) atoms. The van der Waals surface area contributed by atoms with Crippen molar-refractivity contribution < 1.29 is 4.74 Å². The Morgan fingerprint density at radius 2 is 1.73 bits per heavy atom. The van der Waals surface area contributed by atoms with Crippen molar-refractivity contribution in [2.24, 2.45) is 0 Å². The van der Waals surface area contributed by atoms with Crippen LogP contribution in [-0.4, -0.2) is 0 Å². The molecule has 0 atom stereocenters. The van der Waals surface area contributed by atoms with Crippen LogP contribution in [0.25, 0.3) is 11.1 Å². The van der Waals surface area contributed by atoms with Crippen molar-refractivity contribution in [1.29, 1.82) is 0 Å². The summed E-state index contributed by atoms with van der Waals surface area (Å²) < 4.78 is 5.46. The summed E-state index contributed by atoms with van der Waals surface area (Å²) in [6, 6.07) is 14.3. The maximum atomic E-state index is 5.78. The van der Waals surface area contributed by atoms with Crippen molar-refractivity contribution in [1.82, 2.24) is 0 Å². The van der Waals surface area contributed by atoms with E-state index in [1.54, 1.807) is 0 Å². The number of ether oxygens (including phenoxy) is 1. The normalized spacial score (nSPS) is 11.8. The Bertz CT molecular complexity index is 505. The van der Waals surface area contributed by atoms with Gasteiger partial charge in [-0.25, -0.2) is 0 Å². The number of hydrogen-bond acceptors (Lipinski definition) is 1. The predicted octanol–water partition coefficient (Wildman–Crippen LogP) is 4.20. The summed E-state index contributed by atoms with van der Waals surface area (Å²) in [5, 5.41) is 0. The van der Waals surface area contributed by atoms with Crippen molar-refractivity contribution in [3.8, 4) is 22.6 Å². The topological polar surface area (TPSA) is 12.5 Å². The first-order valence-corrected chi connectivity index (χ1v) is 5.38. The van der Waals surface area contributed by atoms with Crippen molar-refractivity contribution in [2.75, 3.05) is 0 Å². The Morgan fingerprint density at radius 1 is 0.933 bits per heavy atom. The molecule has 0 radical (unpaired) electrons. The molecule has 0 N–H and O–H groups in total. The molecule has 2 aromatic carbocycles. The smallest absolute Gasteiger partial charge is 0.178 e. The third kappa shape index (κ3) is 1.40. The van der Waals surface area contributed by atoms with E-state index in [-0.39, 0.29) is 0 Å². The predicted molar refractivity (Wildman–Crippen MR) is 61.5 cm³/mol. The molecule has 1 aliphatic heterocycles. The maximum Gasteiger partial charge on any atom is 0.178 e. The second kappa shape index (κ2) is 3.28. The van der Waals surface area contributed by atoms with Crippen molar-refractivity contribution >= 4 is 11.6 Å². The van der Waals surface area contributed by atoms with Gasteiger partial charge < -0.3 is 4.74 Å². The minimum atomic E-state index is 0.511. The van der Waals surface area contributed by atoms with E-state index in [4.69, 9.17) is 16.3 Å². The molecule has 0 aromatic heterocycles. The highest BCUT2D eigenvalue weighted by atomic mass is 35.5. The molecule has 3 rings (SSSR count). The molecule has 0 aliphatic carbocycles. The molecule has 0 fully saturated rings. The van der Waals surface area contributed by atoms with Crippen LogP contribution in [-0.2, 0) is 5.88 Å². The molecule has 2 aromatic rings. The third-order valence-electron chi connectivity index (χ3n) is 2.58. The maximum absolute atomic E-state index is 5.78. The highest BCUT2D eigenvalue weighted by Crippen LogP contribution is 2.54. The lowest BCUT2D eigenvalue weighted by Crippen LogP contribution is -1.74. The lowest BCUT2D eigenvalue weighted by molar-refractivity contribution is 0.647. The van der Waals surface area contributed by atoms with Gasteiger partial charge in [-0.3, -0.25) is 0 Å². The summed E-state index contributed by atoms with van der Waals surface area (Å²) in [5.74, 6) is 2.46. The Kier molecular flexibility index (Phi) is 1.93. The van der Waals surface area contributed by atoms with Crippen LogP contribution < -0.4 is 4.74 Å². The molecular formula is C13H9ClO. The number of alkyl halides is 1. The van der Waals surface area contributed by atoms with E-state index in [0.29, 0.717) is 5.88 Å². The van der Waals surface area contributed by atoms with Crippen LogP contribution in [0.4, 0.5) is 0 Å². The number of halogens is 1. The monoisotopic (exact) mass is 216 g/mol. The first kappa shape index (κ1) is 8.81. The van der Waals surface area contributed by atoms with Gasteiger partial charge in [0.05, 0.1) is 5.88 Å². The van der Waals surface area contributed by atoms with E-state index in [9.17, 15) is 0 Å². The first-order chi connectivity index (χ1) is 7.40. The fourth-order valence-electron chi connectivity index (χ4n) is 1.75. The number of fused-ring (bicyclic) bond motifs is 1. The van der Waals surface area contributed by atoms with Crippen LogP contribution >= 0.6 is 11.6 Å². The van der Waals surface area contributed by atoms with E-state index in [2.05, 4.69) is 18.2 Å². The Morgan fingerprint density at radius 3 is 2.47 bits per heavy atom. The van der Waals surface area contributed by atoms with Crippen LogP contribution in [0, 0.1) is 0 Å². The van der Waals surface area contributed by atoms with E-state index >= 15 is 0 Å². The van der Waals surface area contributed by atoms with Gasteiger partial charge in [0.25, 0.3) is 0 Å². The lowest BCUT2D eigenvalue weighted by atomic mass is 10.0. The van der Waals surface area contributed by atoms with Gasteiger partial charge in [0.2, 0.25) is 0 Å². The molecule has 0 spiro atoms. The molecule has 0 saturated heterocycles. The van der Waals surface area contributed by atoms with Gasteiger partial charge >= 0.3 is 0 Å². The van der Waals surface area contributed by atoms with Crippen LogP contribution in [0.2, 0.25) is 0 Å². The van der Waals surface area contributed by atoms with Gasteiger partial charge in [-0.15, -0.1) is 11.6 Å². The highest BCUT2D eigenvalue weighted by molar-refractivity contribution is 6.17. The summed E-state index contributed by atoms with van der Waals surface area (Å²) in [6.07, 6.45) is 0. The molecule has 0 unspecified atom stereocenters. The second-order valence-electron chi connectivity index (χ2n) is 3.53. The van der Waals surface area contributed by atoms with Crippen LogP contribution in [0.1, 0.15) is 5.56 Å². The summed E-state index contributed by atoms with van der Waals surface area (Å²) in [4.78, 5) is 0. The fraction of sp³-hybridized carbons (Fsp3) is 0.0769. The second-order valence-corrected chi connectivity index (χ2v) is 3.80. The average molecular weight is 217 g/mol. The van der Waals surface area contributed by atoms with Gasteiger partial charge in [-0.2, -0.15) is 0 Å². The molecule has 74 valence electrons. The summed E-state index contributed by atoms with van der Waals surface area (Å²) in [5.41, 5.74) is 3.41. The molecule has 2 heteroatoms. The molecule has 1 heterocycles. The van der Waals surface area contributed by atoms with Crippen LogP contribution in [0.5, 0.6) is 11.5 Å². The van der Waals surface area contributed by atoms with Gasteiger partial charge in [-0.1, -0.05) is 42.5 Å². The lowest BCUT2D eigenvalue weighted by Gasteiger charge is -1.97. The zero-order valence-corrected chi connectivity index (χ0v) is 8.79. The first-order valence-electron chi connectivity index (χ1n) is 4.85. The van der Waals surface area contributed by atoms with Crippen molar-refractivity contribution in [2.45, 2.75) is 5.88 Å². The minimum Gasteiger partial charge on any atom is -0.448 e. The fourth-order valence-corrected chi connectivity index (χ4v) is 1.96. The minimum absolute atomic E-state index is 0.511.